The van der Waals surface area contributed by atoms with Crippen LogP contribution in [-0.2, 0) is 20.2 Å². The number of nitrogens with one attached hydrogen (secondary N) is 1. The van der Waals surface area contributed by atoms with E-state index in [1.807, 2.05) is 31.2 Å². The first-order valence-corrected chi connectivity index (χ1v) is 13.4. The number of aryl methyl sites for hydroxylation is 1. The smallest absolute Gasteiger partial charge is 0.264 e. The molecule has 1 heterocycles. The van der Waals surface area contributed by atoms with E-state index in [0.29, 0.717) is 11.4 Å². The number of carbonyl (C=O) groups excluding carboxylic acids is 1. The van der Waals surface area contributed by atoms with Crippen molar-refractivity contribution in [2.45, 2.75) is 44.1 Å². The summed E-state index contributed by atoms with van der Waals surface area (Å²) in [5.74, 6) is 0.658. The monoisotopic (exact) mass is 508 g/mol. The minimum absolute atomic E-state index is 0.0614. The molecule has 1 amide bonds. The number of carbonyl (C=O) groups is 1. The third-order valence-electron chi connectivity index (χ3n) is 6.03. The number of nitrogens with zero attached hydrogens (tertiary/aromatic N) is 1. The Morgan fingerprint density at radius 1 is 1.03 bits per heavy atom. The third-order valence-corrected chi connectivity index (χ3v) is 7.82. The third kappa shape index (κ3) is 5.65. The van der Waals surface area contributed by atoms with Gasteiger partial charge in [-0.25, -0.2) is 8.42 Å². The highest BCUT2D eigenvalue weighted by atomic mass is 32.2. The molecule has 0 bridgehead atoms. The van der Waals surface area contributed by atoms with E-state index in [2.05, 4.69) is 26.1 Å². The van der Waals surface area contributed by atoms with Gasteiger partial charge in [-0.15, -0.1) is 0 Å². The van der Waals surface area contributed by atoms with E-state index in [4.69, 9.17) is 9.47 Å². The lowest BCUT2D eigenvalue weighted by Crippen LogP contribution is -2.51. The van der Waals surface area contributed by atoms with Crippen LogP contribution in [0.25, 0.3) is 0 Å². The Bertz CT molecular complexity index is 1310. The zero-order valence-corrected chi connectivity index (χ0v) is 21.8. The number of rotatable bonds is 7. The van der Waals surface area contributed by atoms with Crippen LogP contribution in [0.5, 0.6) is 11.5 Å². The van der Waals surface area contributed by atoms with Gasteiger partial charge in [0.2, 0.25) is 0 Å². The van der Waals surface area contributed by atoms with Gasteiger partial charge in [-0.3, -0.25) is 9.10 Å². The fourth-order valence-corrected chi connectivity index (χ4v) is 5.39. The Hall–Kier alpha value is -3.52. The van der Waals surface area contributed by atoms with E-state index in [-0.39, 0.29) is 30.0 Å². The molecule has 0 aliphatic carbocycles. The van der Waals surface area contributed by atoms with Gasteiger partial charge >= 0.3 is 0 Å². The van der Waals surface area contributed by atoms with Crippen molar-refractivity contribution in [2.75, 3.05) is 24.0 Å². The van der Waals surface area contributed by atoms with Crippen molar-refractivity contribution in [2.24, 2.45) is 0 Å². The van der Waals surface area contributed by atoms with Crippen molar-refractivity contribution in [1.82, 2.24) is 5.32 Å². The van der Waals surface area contributed by atoms with Gasteiger partial charge in [0.25, 0.3) is 15.9 Å². The first-order chi connectivity index (χ1) is 17.1. The van der Waals surface area contributed by atoms with E-state index >= 15 is 0 Å². The van der Waals surface area contributed by atoms with Gasteiger partial charge < -0.3 is 14.8 Å². The summed E-state index contributed by atoms with van der Waals surface area (Å²) in [6.45, 7) is 8.74. The van der Waals surface area contributed by atoms with Gasteiger partial charge in [-0.2, -0.15) is 0 Å². The normalized spacial score (nSPS) is 15.6. The van der Waals surface area contributed by atoms with E-state index < -0.39 is 22.0 Å². The molecule has 4 rings (SSSR count). The second-order valence-electron chi connectivity index (χ2n) is 9.84. The van der Waals surface area contributed by atoms with E-state index in [1.54, 1.807) is 48.5 Å². The summed E-state index contributed by atoms with van der Waals surface area (Å²) in [7, 11) is -3.89. The summed E-state index contributed by atoms with van der Waals surface area (Å²) in [4.78, 5) is 13.1. The molecule has 7 nitrogen and oxygen atoms in total. The van der Waals surface area contributed by atoms with Crippen molar-refractivity contribution in [3.05, 3.63) is 83.9 Å². The fourth-order valence-electron chi connectivity index (χ4n) is 3.91. The maximum absolute atomic E-state index is 13.5. The van der Waals surface area contributed by atoms with Crippen LogP contribution >= 0.6 is 0 Å². The molecule has 1 aliphatic rings. The van der Waals surface area contributed by atoms with Crippen LogP contribution in [0.1, 0.15) is 31.9 Å². The summed E-state index contributed by atoms with van der Waals surface area (Å²) in [5, 5.41) is 2.80. The summed E-state index contributed by atoms with van der Waals surface area (Å²) < 4.78 is 39.8. The molecule has 0 radical (unpaired) electrons. The van der Waals surface area contributed by atoms with Gasteiger partial charge in [0.15, 0.2) is 6.10 Å². The minimum atomic E-state index is -3.89. The van der Waals surface area contributed by atoms with Crippen LogP contribution in [0.3, 0.4) is 0 Å². The van der Waals surface area contributed by atoms with Gasteiger partial charge in [0, 0.05) is 0 Å². The van der Waals surface area contributed by atoms with Crippen molar-refractivity contribution in [1.29, 1.82) is 0 Å². The molecule has 1 N–H and O–H groups in total. The van der Waals surface area contributed by atoms with E-state index in [9.17, 15) is 13.2 Å². The average Bonchev–Trinajstić information content (AvgIpc) is 2.85. The van der Waals surface area contributed by atoms with Gasteiger partial charge in [-0.05, 0) is 54.3 Å². The summed E-state index contributed by atoms with van der Waals surface area (Å²) >= 11 is 0. The molecule has 1 atom stereocenters. The first-order valence-electron chi connectivity index (χ1n) is 11.9. The molecule has 1 aliphatic heterocycles. The summed E-state index contributed by atoms with van der Waals surface area (Å²) in [6, 6.07) is 21.4. The second kappa shape index (κ2) is 10.2. The Labute approximate surface area is 213 Å². The maximum atomic E-state index is 13.5. The lowest BCUT2D eigenvalue weighted by molar-refractivity contribution is -0.127. The topological polar surface area (TPSA) is 84.9 Å². The number of fused-ring (bicyclic) bond motifs is 1. The highest BCUT2D eigenvalue weighted by Crippen LogP contribution is 2.36. The molecule has 0 saturated carbocycles. The SMILES string of the molecule is Cc1ccc(S(=O)(=O)N2CC(C(=O)NCCOc3ccc(C(C)(C)C)cc3)Oc3ccccc32)cc1. The number of amides is 1. The fraction of sp³-hybridized carbons (Fsp3) is 0.321. The molecular formula is C28H32N2O5S. The van der Waals surface area contributed by atoms with Gasteiger partial charge in [0.05, 0.1) is 23.7 Å². The molecule has 3 aromatic carbocycles. The molecule has 3 aromatic rings. The number of ether oxygens (including phenoxy) is 2. The zero-order chi connectivity index (χ0) is 25.9. The number of hydrogen-bond acceptors (Lipinski definition) is 5. The lowest BCUT2D eigenvalue weighted by atomic mass is 9.87. The molecule has 0 aromatic heterocycles. The first kappa shape index (κ1) is 25.6. The number of sulfonamides is 1. The molecule has 36 heavy (non-hydrogen) atoms. The van der Waals surface area contributed by atoms with Crippen LogP contribution in [0.4, 0.5) is 5.69 Å². The molecule has 0 spiro atoms. The predicted molar refractivity (Wildman–Crippen MR) is 140 cm³/mol. The van der Waals surface area contributed by atoms with Crippen molar-refractivity contribution in [3.63, 3.8) is 0 Å². The highest BCUT2D eigenvalue weighted by Gasteiger charge is 2.37. The van der Waals surface area contributed by atoms with Crippen LogP contribution in [0.2, 0.25) is 0 Å². The van der Waals surface area contributed by atoms with Crippen molar-refractivity contribution >= 4 is 21.6 Å². The molecule has 0 fully saturated rings. The Kier molecular flexibility index (Phi) is 7.26. The zero-order valence-electron chi connectivity index (χ0n) is 21.0. The molecule has 190 valence electrons. The Morgan fingerprint density at radius 3 is 2.36 bits per heavy atom. The largest absolute Gasteiger partial charge is 0.492 e. The van der Waals surface area contributed by atoms with Crippen molar-refractivity contribution < 1.29 is 22.7 Å². The van der Waals surface area contributed by atoms with Crippen LogP contribution < -0.4 is 19.1 Å². The molecule has 0 saturated heterocycles. The van der Waals surface area contributed by atoms with Gasteiger partial charge in [0.1, 0.15) is 18.1 Å². The predicted octanol–water partition coefficient (Wildman–Crippen LogP) is 4.44. The Balaban J connectivity index is 1.41. The number of para-hydroxylation sites is 2. The van der Waals surface area contributed by atoms with E-state index in [1.165, 1.54) is 9.87 Å². The van der Waals surface area contributed by atoms with Crippen LogP contribution in [0, 0.1) is 6.92 Å². The molecular weight excluding hydrogens is 476 g/mol. The average molecular weight is 509 g/mol. The highest BCUT2D eigenvalue weighted by molar-refractivity contribution is 7.92. The standard InChI is InChI=1S/C28H32N2O5S/c1-20-9-15-23(16-10-20)36(32,33)30-19-26(35-25-8-6-5-7-24(25)30)27(31)29-17-18-34-22-13-11-21(12-14-22)28(2,3)4/h5-16,26H,17-19H2,1-4H3,(H,29,31). The number of anilines is 1. The summed E-state index contributed by atoms with van der Waals surface area (Å²) in [5.41, 5.74) is 2.64. The van der Waals surface area contributed by atoms with Crippen LogP contribution in [0.15, 0.2) is 77.7 Å². The number of benzene rings is 3. The maximum Gasteiger partial charge on any atom is 0.264 e. The Morgan fingerprint density at radius 2 is 1.69 bits per heavy atom. The van der Waals surface area contributed by atoms with Crippen LogP contribution in [-0.4, -0.2) is 40.1 Å². The quantitative estimate of drug-likeness (QED) is 0.477. The minimum Gasteiger partial charge on any atom is -0.492 e. The van der Waals surface area contributed by atoms with E-state index in [0.717, 1.165) is 11.3 Å². The number of hydrogen-bond donors (Lipinski definition) is 1. The second-order valence-corrected chi connectivity index (χ2v) is 11.7. The summed E-state index contributed by atoms with van der Waals surface area (Å²) in [6.07, 6.45) is -0.994. The molecule has 8 heteroatoms. The van der Waals surface area contributed by atoms with Gasteiger partial charge in [-0.1, -0.05) is 62.7 Å². The molecule has 1 unspecified atom stereocenters. The van der Waals surface area contributed by atoms with Crippen molar-refractivity contribution in [3.8, 4) is 11.5 Å². The lowest BCUT2D eigenvalue weighted by Gasteiger charge is -2.34.